The molecular formula is C10H13BrOS. The molecule has 0 saturated carbocycles. The van der Waals surface area contributed by atoms with Crippen molar-refractivity contribution in [1.29, 1.82) is 0 Å². The second-order valence-electron chi connectivity index (χ2n) is 3.37. The molecule has 0 radical (unpaired) electrons. The topological polar surface area (TPSA) is 17.1 Å². The number of thiophene rings is 1. The van der Waals surface area contributed by atoms with E-state index in [1.807, 2.05) is 13.8 Å². The van der Waals surface area contributed by atoms with E-state index in [4.69, 9.17) is 0 Å². The van der Waals surface area contributed by atoms with Crippen LogP contribution in [0, 0.1) is 5.92 Å². The van der Waals surface area contributed by atoms with Crippen LogP contribution in [-0.4, -0.2) is 5.78 Å². The summed E-state index contributed by atoms with van der Waals surface area (Å²) < 4.78 is 1.13. The lowest BCUT2D eigenvalue weighted by molar-refractivity contribution is -0.121. The van der Waals surface area contributed by atoms with E-state index in [0.717, 1.165) is 10.9 Å². The van der Waals surface area contributed by atoms with Gasteiger partial charge in [0.05, 0.1) is 0 Å². The van der Waals surface area contributed by atoms with Crippen LogP contribution < -0.4 is 0 Å². The normalized spacial score (nSPS) is 10.8. The van der Waals surface area contributed by atoms with Crippen molar-refractivity contribution < 1.29 is 4.79 Å². The highest BCUT2D eigenvalue weighted by Gasteiger charge is 2.08. The average molecular weight is 261 g/mol. The third-order valence-electron chi connectivity index (χ3n) is 1.97. The van der Waals surface area contributed by atoms with Gasteiger partial charge in [-0.2, -0.15) is 11.3 Å². The molecule has 0 fully saturated rings. The molecule has 0 amide bonds. The van der Waals surface area contributed by atoms with Crippen molar-refractivity contribution in [3.63, 3.8) is 0 Å². The summed E-state index contributed by atoms with van der Waals surface area (Å²) >= 11 is 5.12. The van der Waals surface area contributed by atoms with Gasteiger partial charge in [0.15, 0.2) is 0 Å². The first-order valence-electron chi connectivity index (χ1n) is 4.34. The van der Waals surface area contributed by atoms with Crippen LogP contribution in [-0.2, 0) is 11.2 Å². The minimum Gasteiger partial charge on any atom is -0.299 e. The van der Waals surface area contributed by atoms with E-state index in [9.17, 15) is 4.79 Å². The Kier molecular flexibility index (Phi) is 4.13. The highest BCUT2D eigenvalue weighted by atomic mass is 79.9. The van der Waals surface area contributed by atoms with Crippen LogP contribution in [0.15, 0.2) is 15.2 Å². The van der Waals surface area contributed by atoms with Crippen molar-refractivity contribution in [3.8, 4) is 0 Å². The highest BCUT2D eigenvalue weighted by Crippen LogP contribution is 2.22. The van der Waals surface area contributed by atoms with E-state index in [2.05, 4.69) is 26.7 Å². The van der Waals surface area contributed by atoms with E-state index in [1.54, 1.807) is 11.3 Å². The largest absolute Gasteiger partial charge is 0.299 e. The number of Topliss-reactive ketones (excluding diaryl/α,β-unsaturated/α-hetero) is 1. The van der Waals surface area contributed by atoms with E-state index >= 15 is 0 Å². The smallest absolute Gasteiger partial charge is 0.135 e. The Balaban J connectivity index is 2.44. The van der Waals surface area contributed by atoms with Crippen LogP contribution in [0.5, 0.6) is 0 Å². The fraction of sp³-hybridized carbons (Fsp3) is 0.500. The maximum absolute atomic E-state index is 11.3. The molecule has 0 aliphatic heterocycles. The third kappa shape index (κ3) is 3.24. The first kappa shape index (κ1) is 10.9. The lowest BCUT2D eigenvalue weighted by Crippen LogP contribution is -2.07. The first-order chi connectivity index (χ1) is 6.11. The van der Waals surface area contributed by atoms with Crippen molar-refractivity contribution in [2.75, 3.05) is 0 Å². The van der Waals surface area contributed by atoms with Crippen LogP contribution in [0.3, 0.4) is 0 Å². The van der Waals surface area contributed by atoms with Crippen LogP contribution in [0.25, 0.3) is 0 Å². The van der Waals surface area contributed by atoms with E-state index in [1.165, 1.54) is 5.56 Å². The van der Waals surface area contributed by atoms with Crippen molar-refractivity contribution in [1.82, 2.24) is 0 Å². The molecule has 13 heavy (non-hydrogen) atoms. The molecule has 0 atom stereocenters. The Hall–Kier alpha value is -0.150. The molecule has 3 heteroatoms. The van der Waals surface area contributed by atoms with E-state index < -0.39 is 0 Å². The van der Waals surface area contributed by atoms with Crippen LogP contribution in [0.2, 0.25) is 0 Å². The number of aryl methyl sites for hydroxylation is 1. The lowest BCUT2D eigenvalue weighted by atomic mass is 10.0. The summed E-state index contributed by atoms with van der Waals surface area (Å²) in [5.74, 6) is 0.510. The van der Waals surface area contributed by atoms with Crippen LogP contribution in [0.1, 0.15) is 25.8 Å². The van der Waals surface area contributed by atoms with Gasteiger partial charge in [-0.3, -0.25) is 4.79 Å². The number of hydrogen-bond acceptors (Lipinski definition) is 2. The van der Waals surface area contributed by atoms with Gasteiger partial charge in [-0.05, 0) is 33.3 Å². The molecule has 0 aliphatic rings. The maximum atomic E-state index is 11.3. The summed E-state index contributed by atoms with van der Waals surface area (Å²) in [5.41, 5.74) is 1.25. The van der Waals surface area contributed by atoms with Gasteiger partial charge in [0, 0.05) is 22.2 Å². The molecule has 0 bridgehead atoms. The van der Waals surface area contributed by atoms with E-state index in [-0.39, 0.29) is 5.92 Å². The Morgan fingerprint density at radius 1 is 1.54 bits per heavy atom. The summed E-state index contributed by atoms with van der Waals surface area (Å²) in [4.78, 5) is 11.3. The third-order valence-corrected chi connectivity index (χ3v) is 3.81. The maximum Gasteiger partial charge on any atom is 0.135 e. The Morgan fingerprint density at radius 3 is 2.69 bits per heavy atom. The molecule has 1 aromatic heterocycles. The minimum atomic E-state index is 0.164. The highest BCUT2D eigenvalue weighted by molar-refractivity contribution is 9.10. The minimum absolute atomic E-state index is 0.164. The fourth-order valence-electron chi connectivity index (χ4n) is 1.03. The number of rotatable bonds is 4. The predicted octanol–water partition coefficient (Wildman–Crippen LogP) is 3.67. The molecule has 1 aromatic rings. The second-order valence-corrected chi connectivity index (χ2v) is 4.96. The molecule has 72 valence electrons. The fourth-order valence-corrected chi connectivity index (χ4v) is 2.57. The van der Waals surface area contributed by atoms with Gasteiger partial charge in [0.25, 0.3) is 0 Å². The van der Waals surface area contributed by atoms with Gasteiger partial charge in [-0.25, -0.2) is 0 Å². The molecule has 1 heterocycles. The number of carbonyl (C=O) groups is 1. The molecule has 0 aromatic carbocycles. The predicted molar refractivity (Wildman–Crippen MR) is 60.2 cm³/mol. The van der Waals surface area contributed by atoms with Crippen molar-refractivity contribution >= 4 is 33.0 Å². The standard InChI is InChI=1S/C10H13BrOS/c1-7(2)10(12)4-3-8-5-13-6-9(8)11/h5-7H,3-4H2,1-2H3. The summed E-state index contributed by atoms with van der Waals surface area (Å²) in [6.45, 7) is 3.90. The summed E-state index contributed by atoms with van der Waals surface area (Å²) in [5, 5.41) is 4.15. The number of carbonyl (C=O) groups excluding carboxylic acids is 1. The van der Waals surface area contributed by atoms with E-state index in [0.29, 0.717) is 12.2 Å². The average Bonchev–Trinajstić information content (AvgIpc) is 2.47. The Labute approximate surface area is 91.3 Å². The monoisotopic (exact) mass is 260 g/mol. The number of ketones is 1. The molecule has 1 rings (SSSR count). The van der Waals surface area contributed by atoms with Crippen molar-refractivity contribution in [3.05, 3.63) is 20.8 Å². The van der Waals surface area contributed by atoms with Crippen molar-refractivity contribution in [2.45, 2.75) is 26.7 Å². The van der Waals surface area contributed by atoms with Crippen LogP contribution >= 0.6 is 27.3 Å². The van der Waals surface area contributed by atoms with Gasteiger partial charge in [-0.15, -0.1) is 0 Å². The zero-order valence-electron chi connectivity index (χ0n) is 7.84. The molecule has 0 N–H and O–H groups in total. The van der Waals surface area contributed by atoms with Crippen LogP contribution in [0.4, 0.5) is 0 Å². The number of halogens is 1. The quantitative estimate of drug-likeness (QED) is 0.808. The number of hydrogen-bond donors (Lipinski definition) is 0. The summed E-state index contributed by atoms with van der Waals surface area (Å²) in [6, 6.07) is 0. The lowest BCUT2D eigenvalue weighted by Gasteiger charge is -2.02. The van der Waals surface area contributed by atoms with Gasteiger partial charge in [0.2, 0.25) is 0 Å². The first-order valence-corrected chi connectivity index (χ1v) is 6.08. The zero-order valence-corrected chi connectivity index (χ0v) is 10.2. The molecule has 0 unspecified atom stereocenters. The molecule has 0 spiro atoms. The Morgan fingerprint density at radius 2 is 2.23 bits per heavy atom. The van der Waals surface area contributed by atoms with Gasteiger partial charge < -0.3 is 0 Å². The Bertz CT molecular complexity index is 291. The van der Waals surface area contributed by atoms with Gasteiger partial charge in [0.1, 0.15) is 5.78 Å². The SMILES string of the molecule is CC(C)C(=O)CCc1cscc1Br. The van der Waals surface area contributed by atoms with Gasteiger partial charge >= 0.3 is 0 Å². The summed E-state index contributed by atoms with van der Waals surface area (Å²) in [7, 11) is 0. The zero-order chi connectivity index (χ0) is 9.84. The molecule has 0 aliphatic carbocycles. The molecule has 1 nitrogen and oxygen atoms in total. The van der Waals surface area contributed by atoms with Gasteiger partial charge in [-0.1, -0.05) is 13.8 Å². The summed E-state index contributed by atoms with van der Waals surface area (Å²) in [6.07, 6.45) is 1.52. The van der Waals surface area contributed by atoms with Crippen molar-refractivity contribution in [2.24, 2.45) is 5.92 Å². The molecular weight excluding hydrogens is 248 g/mol. The second kappa shape index (κ2) is 4.91. The molecule has 0 saturated heterocycles.